The van der Waals surface area contributed by atoms with Crippen LogP contribution in [0.3, 0.4) is 0 Å². The average molecular weight is 403 g/mol. The van der Waals surface area contributed by atoms with Crippen molar-refractivity contribution in [3.05, 3.63) is 59.7 Å². The predicted octanol–water partition coefficient (Wildman–Crippen LogP) is 2.82. The van der Waals surface area contributed by atoms with Crippen LogP contribution in [0.25, 0.3) is 0 Å². The fourth-order valence-corrected chi connectivity index (χ4v) is 4.14. The van der Waals surface area contributed by atoms with Gasteiger partial charge in [-0.15, -0.1) is 0 Å². The number of carbonyl (C=O) groups is 1. The Kier molecular flexibility index (Phi) is 6.49. The van der Waals surface area contributed by atoms with Crippen molar-refractivity contribution >= 4 is 21.6 Å². The third kappa shape index (κ3) is 4.60. The molecule has 0 spiro atoms. The van der Waals surface area contributed by atoms with Gasteiger partial charge in [0.1, 0.15) is 0 Å². The zero-order valence-electron chi connectivity index (χ0n) is 16.3. The summed E-state index contributed by atoms with van der Waals surface area (Å²) in [7, 11) is -0.521. The summed E-state index contributed by atoms with van der Waals surface area (Å²) >= 11 is 0. The quantitative estimate of drug-likeness (QED) is 0.637. The van der Waals surface area contributed by atoms with Gasteiger partial charge in [-0.05, 0) is 36.1 Å². The van der Waals surface area contributed by atoms with Gasteiger partial charge in [0.15, 0.2) is 0 Å². The standard InChI is InChI=1S/C21H26N2O4S/c1-22(2)28(25,26)19-11-10-18-12-13-23(20(18)15-19)21(24)9-6-14-27-16-17-7-4-3-5-8-17/h3-5,7-8,10-11,15H,6,9,12-14,16H2,1-2H3. The van der Waals surface area contributed by atoms with Crippen molar-refractivity contribution in [2.24, 2.45) is 0 Å². The number of anilines is 1. The molecule has 0 radical (unpaired) electrons. The van der Waals surface area contributed by atoms with Gasteiger partial charge in [0.2, 0.25) is 15.9 Å². The van der Waals surface area contributed by atoms with Crippen LogP contribution in [-0.2, 0) is 32.6 Å². The minimum atomic E-state index is -3.52. The van der Waals surface area contributed by atoms with Gasteiger partial charge in [-0.25, -0.2) is 12.7 Å². The third-order valence-electron chi connectivity index (χ3n) is 4.82. The molecular weight excluding hydrogens is 376 g/mol. The molecule has 2 aromatic rings. The van der Waals surface area contributed by atoms with Crippen molar-refractivity contribution in [1.82, 2.24) is 4.31 Å². The maximum Gasteiger partial charge on any atom is 0.242 e. The average Bonchev–Trinajstić information content (AvgIpc) is 3.11. The van der Waals surface area contributed by atoms with E-state index in [0.29, 0.717) is 38.3 Å². The Morgan fingerprint density at radius 1 is 1.14 bits per heavy atom. The summed E-state index contributed by atoms with van der Waals surface area (Å²) < 4.78 is 31.6. The van der Waals surface area contributed by atoms with Crippen LogP contribution in [0.4, 0.5) is 5.69 Å². The van der Waals surface area contributed by atoms with E-state index < -0.39 is 10.0 Å². The molecular formula is C21H26N2O4S. The summed E-state index contributed by atoms with van der Waals surface area (Å²) in [6.45, 7) is 1.63. The maximum atomic E-state index is 12.6. The van der Waals surface area contributed by atoms with Gasteiger partial charge in [0.05, 0.1) is 11.5 Å². The van der Waals surface area contributed by atoms with E-state index in [1.807, 2.05) is 36.4 Å². The largest absolute Gasteiger partial charge is 0.377 e. The minimum absolute atomic E-state index is 0.00135. The van der Waals surface area contributed by atoms with Crippen LogP contribution < -0.4 is 4.90 Å². The van der Waals surface area contributed by atoms with E-state index in [1.54, 1.807) is 17.0 Å². The van der Waals surface area contributed by atoms with E-state index in [9.17, 15) is 13.2 Å². The van der Waals surface area contributed by atoms with Crippen LogP contribution in [0.2, 0.25) is 0 Å². The Balaban J connectivity index is 1.56. The van der Waals surface area contributed by atoms with Crippen molar-refractivity contribution in [2.75, 3.05) is 32.1 Å². The molecule has 0 saturated heterocycles. The fraction of sp³-hybridized carbons (Fsp3) is 0.381. The van der Waals surface area contributed by atoms with Gasteiger partial charge in [-0.2, -0.15) is 0 Å². The Labute approximate surface area is 166 Å². The number of hydrogen-bond donors (Lipinski definition) is 0. The topological polar surface area (TPSA) is 66.9 Å². The lowest BCUT2D eigenvalue weighted by Gasteiger charge is -2.19. The smallest absolute Gasteiger partial charge is 0.242 e. The zero-order valence-corrected chi connectivity index (χ0v) is 17.1. The summed E-state index contributed by atoms with van der Waals surface area (Å²) in [6.07, 6.45) is 1.75. The Bertz CT molecular complexity index is 927. The lowest BCUT2D eigenvalue weighted by atomic mass is 10.2. The van der Waals surface area contributed by atoms with E-state index in [2.05, 4.69) is 0 Å². The van der Waals surface area contributed by atoms with E-state index in [1.165, 1.54) is 18.4 Å². The molecule has 0 bridgehead atoms. The highest BCUT2D eigenvalue weighted by Crippen LogP contribution is 2.31. The molecule has 1 heterocycles. The van der Waals surface area contributed by atoms with Crippen molar-refractivity contribution in [1.29, 1.82) is 0 Å². The van der Waals surface area contributed by atoms with Gasteiger partial charge in [-0.3, -0.25) is 4.79 Å². The Morgan fingerprint density at radius 3 is 2.61 bits per heavy atom. The summed E-state index contributed by atoms with van der Waals surface area (Å²) in [6, 6.07) is 14.9. The third-order valence-corrected chi connectivity index (χ3v) is 6.63. The molecule has 1 aliphatic rings. The van der Waals surface area contributed by atoms with Crippen molar-refractivity contribution in [3.8, 4) is 0 Å². The highest BCUT2D eigenvalue weighted by molar-refractivity contribution is 7.89. The van der Waals surface area contributed by atoms with Gasteiger partial charge in [0, 0.05) is 39.4 Å². The number of hydrogen-bond acceptors (Lipinski definition) is 4. The molecule has 1 aliphatic heterocycles. The second-order valence-electron chi connectivity index (χ2n) is 7.02. The lowest BCUT2D eigenvalue weighted by Crippen LogP contribution is -2.29. The first-order valence-electron chi connectivity index (χ1n) is 9.37. The molecule has 1 amide bonds. The Hall–Kier alpha value is -2.22. The maximum absolute atomic E-state index is 12.6. The number of nitrogens with zero attached hydrogens (tertiary/aromatic N) is 2. The summed E-state index contributed by atoms with van der Waals surface area (Å²) in [5, 5.41) is 0. The molecule has 0 atom stereocenters. The number of sulfonamides is 1. The first-order chi connectivity index (χ1) is 13.4. The van der Waals surface area contributed by atoms with Crippen molar-refractivity contribution in [3.63, 3.8) is 0 Å². The normalized spacial score (nSPS) is 13.8. The SMILES string of the molecule is CN(C)S(=O)(=O)c1ccc2c(c1)N(C(=O)CCCOCc1ccccc1)CC2. The van der Waals surface area contributed by atoms with Crippen LogP contribution in [0.5, 0.6) is 0 Å². The van der Waals surface area contributed by atoms with Crippen molar-refractivity contribution < 1.29 is 17.9 Å². The van der Waals surface area contributed by atoms with E-state index in [4.69, 9.17) is 4.74 Å². The predicted molar refractivity (Wildman–Crippen MR) is 109 cm³/mol. The van der Waals surface area contributed by atoms with Crippen LogP contribution >= 0.6 is 0 Å². The molecule has 0 unspecified atom stereocenters. The number of benzene rings is 2. The molecule has 0 aliphatic carbocycles. The van der Waals surface area contributed by atoms with Gasteiger partial charge in [-0.1, -0.05) is 36.4 Å². The zero-order chi connectivity index (χ0) is 20.1. The lowest BCUT2D eigenvalue weighted by molar-refractivity contribution is -0.118. The number of carbonyl (C=O) groups excluding carboxylic acids is 1. The van der Waals surface area contributed by atoms with Gasteiger partial charge >= 0.3 is 0 Å². The minimum Gasteiger partial charge on any atom is -0.377 e. The monoisotopic (exact) mass is 402 g/mol. The molecule has 0 fully saturated rings. The molecule has 2 aromatic carbocycles. The van der Waals surface area contributed by atoms with E-state index in [0.717, 1.165) is 17.5 Å². The number of ether oxygens (including phenoxy) is 1. The highest BCUT2D eigenvalue weighted by Gasteiger charge is 2.27. The summed E-state index contributed by atoms with van der Waals surface area (Å²) in [4.78, 5) is 14.6. The number of fused-ring (bicyclic) bond motifs is 1. The fourth-order valence-electron chi connectivity index (χ4n) is 3.21. The van der Waals surface area contributed by atoms with E-state index in [-0.39, 0.29) is 10.8 Å². The van der Waals surface area contributed by atoms with Gasteiger partial charge in [0.25, 0.3) is 0 Å². The molecule has 150 valence electrons. The molecule has 28 heavy (non-hydrogen) atoms. The summed E-state index contributed by atoms with van der Waals surface area (Å²) in [5.74, 6) is 0.00135. The molecule has 0 N–H and O–H groups in total. The highest BCUT2D eigenvalue weighted by atomic mass is 32.2. The second kappa shape index (κ2) is 8.86. The van der Waals surface area contributed by atoms with Crippen molar-refractivity contribution in [2.45, 2.75) is 30.8 Å². The molecule has 0 aromatic heterocycles. The van der Waals surface area contributed by atoms with E-state index >= 15 is 0 Å². The van der Waals surface area contributed by atoms with Crippen LogP contribution in [0, 0.1) is 0 Å². The van der Waals surface area contributed by atoms with Crippen LogP contribution in [0.15, 0.2) is 53.4 Å². The second-order valence-corrected chi connectivity index (χ2v) is 9.17. The molecule has 7 heteroatoms. The van der Waals surface area contributed by atoms with Crippen LogP contribution in [0.1, 0.15) is 24.0 Å². The molecule has 3 rings (SSSR count). The first kappa shape index (κ1) is 20.5. The summed E-state index contributed by atoms with van der Waals surface area (Å²) in [5.41, 5.74) is 2.82. The molecule has 6 nitrogen and oxygen atoms in total. The first-order valence-corrected chi connectivity index (χ1v) is 10.8. The van der Waals surface area contributed by atoms with Gasteiger partial charge < -0.3 is 9.64 Å². The molecule has 0 saturated carbocycles. The Morgan fingerprint density at radius 2 is 1.89 bits per heavy atom. The number of amides is 1. The van der Waals surface area contributed by atoms with Crippen LogP contribution in [-0.4, -0.2) is 45.9 Å². The number of rotatable bonds is 8.